The number of esters is 1. The number of nitrogens with two attached hydrogens (primary N) is 1. The summed E-state index contributed by atoms with van der Waals surface area (Å²) in [6.07, 6.45) is 3.04. The number of carbonyl (C=O) groups is 1. The van der Waals surface area contributed by atoms with Crippen molar-refractivity contribution in [2.45, 2.75) is 39.2 Å². The summed E-state index contributed by atoms with van der Waals surface area (Å²) in [5.74, 6) is 0.819. The van der Waals surface area contributed by atoms with Gasteiger partial charge in [-0.1, -0.05) is 25.4 Å². The molecule has 0 radical (unpaired) electrons. The molecule has 1 aromatic rings. The van der Waals surface area contributed by atoms with Gasteiger partial charge in [0.1, 0.15) is 6.10 Å². The van der Waals surface area contributed by atoms with Crippen LogP contribution >= 0.6 is 11.6 Å². The lowest BCUT2D eigenvalue weighted by Crippen LogP contribution is -2.28. The normalized spacial score (nSPS) is 27.0. The summed E-state index contributed by atoms with van der Waals surface area (Å²) in [6, 6.07) is 4.86. The molecule has 3 nitrogen and oxygen atoms in total. The van der Waals surface area contributed by atoms with Gasteiger partial charge in [0.15, 0.2) is 0 Å². The average molecular weight is 282 g/mol. The average Bonchev–Trinajstić information content (AvgIpc) is 2.30. The third-order valence-electron chi connectivity index (χ3n) is 3.62. The van der Waals surface area contributed by atoms with Crippen molar-refractivity contribution >= 4 is 23.3 Å². The number of rotatable bonds is 2. The number of halogens is 1. The summed E-state index contributed by atoms with van der Waals surface area (Å²) in [6.45, 7) is 4.40. The molecule has 0 aliphatic heterocycles. The Kier molecular flexibility index (Phi) is 4.35. The minimum atomic E-state index is -0.372. The van der Waals surface area contributed by atoms with E-state index >= 15 is 0 Å². The summed E-state index contributed by atoms with van der Waals surface area (Å²) < 4.78 is 5.58. The first-order valence-electron chi connectivity index (χ1n) is 6.71. The number of nitrogen functional groups attached to an aromatic ring is 1. The smallest absolute Gasteiger partial charge is 0.340 e. The van der Waals surface area contributed by atoms with Crippen molar-refractivity contribution < 1.29 is 9.53 Å². The molecular formula is C15H20ClNO2. The van der Waals surface area contributed by atoms with Crippen molar-refractivity contribution in [3.8, 4) is 0 Å². The van der Waals surface area contributed by atoms with Gasteiger partial charge in [0.25, 0.3) is 0 Å². The van der Waals surface area contributed by atoms with Crippen LogP contribution in [0.5, 0.6) is 0 Å². The lowest BCUT2D eigenvalue weighted by molar-refractivity contribution is 0.00808. The third kappa shape index (κ3) is 3.63. The lowest BCUT2D eigenvalue weighted by Gasteiger charge is -2.31. The number of hydrogen-bond donors (Lipinski definition) is 1. The highest BCUT2D eigenvalue weighted by molar-refractivity contribution is 6.33. The van der Waals surface area contributed by atoms with Crippen LogP contribution in [0.25, 0.3) is 0 Å². The van der Waals surface area contributed by atoms with Crippen molar-refractivity contribution in [1.82, 2.24) is 0 Å². The molecule has 4 heteroatoms. The SMILES string of the molecule is CC1CC(C)CC(OC(=O)c2cc(N)ccc2Cl)C1. The molecule has 1 aliphatic carbocycles. The Morgan fingerprint density at radius 1 is 1.26 bits per heavy atom. The van der Waals surface area contributed by atoms with Gasteiger partial charge in [-0.25, -0.2) is 4.79 Å². The fourth-order valence-electron chi connectivity index (χ4n) is 2.88. The van der Waals surface area contributed by atoms with Crippen molar-refractivity contribution in [1.29, 1.82) is 0 Å². The van der Waals surface area contributed by atoms with Crippen LogP contribution in [0.2, 0.25) is 5.02 Å². The van der Waals surface area contributed by atoms with Gasteiger partial charge >= 0.3 is 5.97 Å². The van der Waals surface area contributed by atoms with E-state index in [-0.39, 0.29) is 12.1 Å². The van der Waals surface area contributed by atoms with Gasteiger partial charge in [-0.15, -0.1) is 0 Å². The maximum Gasteiger partial charge on any atom is 0.340 e. The van der Waals surface area contributed by atoms with Gasteiger partial charge in [0, 0.05) is 5.69 Å². The van der Waals surface area contributed by atoms with Gasteiger partial charge < -0.3 is 10.5 Å². The number of anilines is 1. The number of hydrogen-bond acceptors (Lipinski definition) is 3. The Balaban J connectivity index is 2.06. The zero-order chi connectivity index (χ0) is 14.0. The highest BCUT2D eigenvalue weighted by Crippen LogP contribution is 2.31. The second-order valence-corrected chi connectivity index (χ2v) is 6.09. The molecule has 2 N–H and O–H groups in total. The molecule has 104 valence electrons. The monoisotopic (exact) mass is 281 g/mol. The number of carbonyl (C=O) groups excluding carboxylic acids is 1. The molecule has 1 saturated carbocycles. The third-order valence-corrected chi connectivity index (χ3v) is 3.95. The summed E-state index contributed by atoms with van der Waals surface area (Å²) in [5, 5.41) is 0.385. The van der Waals surface area contributed by atoms with E-state index in [1.807, 2.05) is 0 Å². The minimum Gasteiger partial charge on any atom is -0.459 e. The van der Waals surface area contributed by atoms with Gasteiger partial charge in [-0.2, -0.15) is 0 Å². The number of benzene rings is 1. The van der Waals surface area contributed by atoms with E-state index in [9.17, 15) is 4.79 Å². The van der Waals surface area contributed by atoms with E-state index in [0.717, 1.165) is 12.8 Å². The van der Waals surface area contributed by atoms with Crippen LogP contribution in [0.4, 0.5) is 5.69 Å². The molecule has 0 saturated heterocycles. The van der Waals surface area contributed by atoms with Crippen molar-refractivity contribution in [3.63, 3.8) is 0 Å². The predicted octanol–water partition coefficient (Wildman–Crippen LogP) is 3.90. The van der Waals surface area contributed by atoms with Crippen molar-refractivity contribution in [2.24, 2.45) is 11.8 Å². The van der Waals surface area contributed by atoms with Crippen molar-refractivity contribution in [3.05, 3.63) is 28.8 Å². The Bertz CT molecular complexity index is 465. The molecule has 0 spiro atoms. The van der Waals surface area contributed by atoms with Gasteiger partial charge in [-0.3, -0.25) is 0 Å². The first-order valence-corrected chi connectivity index (χ1v) is 7.09. The van der Waals surface area contributed by atoms with Crippen LogP contribution in [-0.2, 0) is 4.74 Å². The summed E-state index contributed by atoms with van der Waals surface area (Å²) in [7, 11) is 0. The van der Waals surface area contributed by atoms with E-state index < -0.39 is 0 Å². The molecule has 2 unspecified atom stereocenters. The molecule has 19 heavy (non-hydrogen) atoms. The standard InChI is InChI=1S/C15H20ClNO2/c1-9-5-10(2)7-12(6-9)19-15(18)13-8-11(17)3-4-14(13)16/h3-4,8-10,12H,5-7,17H2,1-2H3. The minimum absolute atomic E-state index is 0.0104. The maximum absolute atomic E-state index is 12.1. The van der Waals surface area contributed by atoms with E-state index in [1.165, 1.54) is 6.42 Å². The van der Waals surface area contributed by atoms with Crippen LogP contribution in [0, 0.1) is 11.8 Å². The van der Waals surface area contributed by atoms with Gasteiger partial charge in [0.05, 0.1) is 10.6 Å². The second-order valence-electron chi connectivity index (χ2n) is 5.68. The van der Waals surface area contributed by atoms with Gasteiger partial charge in [0.2, 0.25) is 0 Å². The topological polar surface area (TPSA) is 52.3 Å². The largest absolute Gasteiger partial charge is 0.459 e. The molecule has 1 aromatic carbocycles. The fraction of sp³-hybridized carbons (Fsp3) is 0.533. The Morgan fingerprint density at radius 2 is 1.89 bits per heavy atom. The van der Waals surface area contributed by atoms with E-state index in [0.29, 0.717) is 28.1 Å². The summed E-state index contributed by atoms with van der Waals surface area (Å²) in [5.41, 5.74) is 6.55. The quantitative estimate of drug-likeness (QED) is 0.661. The van der Waals surface area contributed by atoms with Crippen LogP contribution in [0.15, 0.2) is 18.2 Å². The lowest BCUT2D eigenvalue weighted by atomic mass is 9.82. The molecular weight excluding hydrogens is 262 g/mol. The predicted molar refractivity (Wildman–Crippen MR) is 77.2 cm³/mol. The Morgan fingerprint density at radius 3 is 2.53 bits per heavy atom. The Hall–Kier alpha value is -1.22. The molecule has 1 aliphatic rings. The highest BCUT2D eigenvalue weighted by Gasteiger charge is 2.27. The maximum atomic E-state index is 12.1. The first-order chi connectivity index (χ1) is 8.95. The zero-order valence-corrected chi connectivity index (χ0v) is 12.1. The van der Waals surface area contributed by atoms with Crippen molar-refractivity contribution in [2.75, 3.05) is 5.73 Å². The van der Waals surface area contributed by atoms with Crippen LogP contribution in [0.1, 0.15) is 43.5 Å². The molecule has 0 amide bonds. The van der Waals surface area contributed by atoms with Crippen LogP contribution in [0.3, 0.4) is 0 Å². The zero-order valence-electron chi connectivity index (χ0n) is 11.4. The summed E-state index contributed by atoms with van der Waals surface area (Å²) >= 11 is 6.01. The summed E-state index contributed by atoms with van der Waals surface area (Å²) in [4.78, 5) is 12.1. The van der Waals surface area contributed by atoms with Gasteiger partial charge in [-0.05, 0) is 49.3 Å². The highest BCUT2D eigenvalue weighted by atomic mass is 35.5. The molecule has 1 fully saturated rings. The molecule has 2 rings (SSSR count). The second kappa shape index (κ2) is 5.83. The van der Waals surface area contributed by atoms with E-state index in [1.54, 1.807) is 18.2 Å². The molecule has 0 bridgehead atoms. The fourth-order valence-corrected chi connectivity index (χ4v) is 3.08. The number of ether oxygens (including phenoxy) is 1. The first kappa shape index (κ1) is 14.2. The van der Waals surface area contributed by atoms with Crippen LogP contribution in [-0.4, -0.2) is 12.1 Å². The van der Waals surface area contributed by atoms with E-state index in [2.05, 4.69) is 13.8 Å². The van der Waals surface area contributed by atoms with E-state index in [4.69, 9.17) is 22.1 Å². The van der Waals surface area contributed by atoms with Crippen LogP contribution < -0.4 is 5.73 Å². The molecule has 0 heterocycles. The Labute approximate surface area is 119 Å². The molecule has 0 aromatic heterocycles. The molecule has 2 atom stereocenters.